The monoisotopic (exact) mass is 352 g/mol. The molecule has 2 aromatic carbocycles. The molecule has 0 bridgehead atoms. The molecule has 2 aromatic rings. The van der Waals surface area contributed by atoms with Gasteiger partial charge >= 0.3 is 6.16 Å². The Morgan fingerprint density at radius 1 is 1.25 bits per heavy atom. The SMILES string of the molecule is CCc1cc(C)c(Cl)cc1OCc1c(F)cccc1OC(=O)OC. The fourth-order valence-corrected chi connectivity index (χ4v) is 2.34. The molecule has 0 aromatic heterocycles. The van der Waals surface area contributed by atoms with Crippen LogP contribution in [0.2, 0.25) is 5.02 Å². The number of halogens is 2. The van der Waals surface area contributed by atoms with Crippen LogP contribution in [-0.4, -0.2) is 13.3 Å². The highest BCUT2D eigenvalue weighted by atomic mass is 35.5. The molecule has 0 unspecified atom stereocenters. The molecule has 6 heteroatoms. The van der Waals surface area contributed by atoms with Crippen molar-refractivity contribution >= 4 is 17.8 Å². The average molecular weight is 353 g/mol. The third kappa shape index (κ3) is 4.17. The number of hydrogen-bond donors (Lipinski definition) is 0. The van der Waals surface area contributed by atoms with Crippen molar-refractivity contribution in [2.45, 2.75) is 26.9 Å². The van der Waals surface area contributed by atoms with Gasteiger partial charge in [-0.25, -0.2) is 9.18 Å². The second-order valence-corrected chi connectivity index (χ2v) is 5.53. The van der Waals surface area contributed by atoms with Gasteiger partial charge in [-0.15, -0.1) is 0 Å². The van der Waals surface area contributed by atoms with Crippen LogP contribution in [-0.2, 0) is 17.8 Å². The van der Waals surface area contributed by atoms with Gasteiger partial charge in [-0.1, -0.05) is 30.7 Å². The van der Waals surface area contributed by atoms with Gasteiger partial charge in [-0.2, -0.15) is 0 Å². The van der Waals surface area contributed by atoms with Gasteiger partial charge in [0.1, 0.15) is 23.9 Å². The second kappa shape index (κ2) is 8.02. The van der Waals surface area contributed by atoms with Crippen LogP contribution in [0.15, 0.2) is 30.3 Å². The number of carbonyl (C=O) groups is 1. The highest BCUT2D eigenvalue weighted by molar-refractivity contribution is 6.31. The molecule has 0 fully saturated rings. The van der Waals surface area contributed by atoms with Crippen LogP contribution in [0.3, 0.4) is 0 Å². The molecule has 0 atom stereocenters. The van der Waals surface area contributed by atoms with Crippen molar-refractivity contribution in [1.82, 2.24) is 0 Å². The summed E-state index contributed by atoms with van der Waals surface area (Å²) >= 11 is 6.13. The maximum atomic E-state index is 14.1. The van der Waals surface area contributed by atoms with Crippen molar-refractivity contribution in [3.8, 4) is 11.5 Å². The number of ether oxygens (including phenoxy) is 3. The van der Waals surface area contributed by atoms with Crippen LogP contribution < -0.4 is 9.47 Å². The van der Waals surface area contributed by atoms with E-state index < -0.39 is 12.0 Å². The Kier molecular flexibility index (Phi) is 6.04. The van der Waals surface area contributed by atoms with Gasteiger partial charge in [0, 0.05) is 5.02 Å². The maximum absolute atomic E-state index is 14.1. The zero-order valence-electron chi connectivity index (χ0n) is 13.7. The standard InChI is InChI=1S/C18H18ClFO4/c1-4-12-8-11(2)14(19)9-17(12)23-10-13-15(20)6-5-7-16(13)24-18(21)22-3/h5-9H,4,10H2,1-3H3. The van der Waals surface area contributed by atoms with Crippen molar-refractivity contribution in [1.29, 1.82) is 0 Å². The van der Waals surface area contributed by atoms with Crippen molar-refractivity contribution in [2.24, 2.45) is 0 Å². The topological polar surface area (TPSA) is 44.8 Å². The van der Waals surface area contributed by atoms with E-state index in [1.807, 2.05) is 19.9 Å². The smallest absolute Gasteiger partial charge is 0.488 e. The molecule has 0 spiro atoms. The molecule has 0 aliphatic carbocycles. The second-order valence-electron chi connectivity index (χ2n) is 5.12. The molecule has 0 aliphatic rings. The third-order valence-electron chi connectivity index (χ3n) is 3.53. The molecule has 0 saturated heterocycles. The molecule has 128 valence electrons. The summed E-state index contributed by atoms with van der Waals surface area (Å²) in [6.07, 6.45) is -0.176. The predicted octanol–water partition coefficient (Wildman–Crippen LogP) is 5.07. The minimum absolute atomic E-state index is 0.0538. The largest absolute Gasteiger partial charge is 0.513 e. The van der Waals surface area contributed by atoms with Crippen molar-refractivity contribution in [3.63, 3.8) is 0 Å². The Balaban J connectivity index is 2.26. The summed E-state index contributed by atoms with van der Waals surface area (Å²) in [5, 5.41) is 0.571. The normalized spacial score (nSPS) is 10.4. The Labute approximate surface area is 145 Å². The number of methoxy groups -OCH3 is 1. The molecule has 0 saturated carbocycles. The number of hydrogen-bond acceptors (Lipinski definition) is 4. The van der Waals surface area contributed by atoms with Gasteiger partial charge < -0.3 is 14.2 Å². The van der Waals surface area contributed by atoms with E-state index in [0.29, 0.717) is 10.8 Å². The fourth-order valence-electron chi connectivity index (χ4n) is 2.19. The molecular formula is C18H18ClFO4. The zero-order valence-corrected chi connectivity index (χ0v) is 14.4. The third-order valence-corrected chi connectivity index (χ3v) is 3.94. The highest BCUT2D eigenvalue weighted by Crippen LogP contribution is 2.30. The van der Waals surface area contributed by atoms with Crippen LogP contribution in [0.4, 0.5) is 9.18 Å². The van der Waals surface area contributed by atoms with Crippen LogP contribution in [0.5, 0.6) is 11.5 Å². The Morgan fingerprint density at radius 3 is 2.67 bits per heavy atom. The van der Waals surface area contributed by atoms with E-state index >= 15 is 0 Å². The summed E-state index contributed by atoms with van der Waals surface area (Å²) in [6.45, 7) is 3.79. The fraction of sp³-hybridized carbons (Fsp3) is 0.278. The van der Waals surface area contributed by atoms with Crippen LogP contribution in [0.1, 0.15) is 23.6 Å². The summed E-state index contributed by atoms with van der Waals surface area (Å²) < 4.78 is 29.2. The van der Waals surface area contributed by atoms with Gasteiger partial charge in [0.25, 0.3) is 0 Å². The van der Waals surface area contributed by atoms with Crippen LogP contribution in [0, 0.1) is 12.7 Å². The van der Waals surface area contributed by atoms with Crippen molar-refractivity contribution in [2.75, 3.05) is 7.11 Å². The van der Waals surface area contributed by atoms with Crippen molar-refractivity contribution < 1.29 is 23.4 Å². The van der Waals surface area contributed by atoms with Gasteiger partial charge in [0.05, 0.1) is 12.7 Å². The molecule has 0 heterocycles. The van der Waals surface area contributed by atoms with E-state index in [0.717, 1.165) is 17.5 Å². The first-order valence-electron chi connectivity index (χ1n) is 7.41. The van der Waals surface area contributed by atoms with E-state index in [9.17, 15) is 9.18 Å². The lowest BCUT2D eigenvalue weighted by Gasteiger charge is -2.15. The lowest BCUT2D eigenvalue weighted by atomic mass is 10.1. The molecule has 0 amide bonds. The molecule has 4 nitrogen and oxygen atoms in total. The van der Waals surface area contributed by atoms with Crippen LogP contribution in [0.25, 0.3) is 0 Å². The quantitative estimate of drug-likeness (QED) is 0.556. The van der Waals surface area contributed by atoms with Gasteiger partial charge in [0.2, 0.25) is 0 Å². The lowest BCUT2D eigenvalue weighted by molar-refractivity contribution is 0.120. The lowest BCUT2D eigenvalue weighted by Crippen LogP contribution is -2.11. The first-order valence-corrected chi connectivity index (χ1v) is 7.79. The molecule has 0 N–H and O–H groups in total. The predicted molar refractivity (Wildman–Crippen MR) is 89.3 cm³/mol. The highest BCUT2D eigenvalue weighted by Gasteiger charge is 2.15. The van der Waals surface area contributed by atoms with Gasteiger partial charge in [-0.3, -0.25) is 0 Å². The zero-order chi connectivity index (χ0) is 17.7. The molecule has 24 heavy (non-hydrogen) atoms. The first-order chi connectivity index (χ1) is 11.5. The number of aryl methyl sites for hydroxylation is 2. The van der Waals surface area contributed by atoms with E-state index in [2.05, 4.69) is 4.74 Å². The Hall–Kier alpha value is -2.27. The first kappa shape index (κ1) is 18.1. The average Bonchev–Trinajstić information content (AvgIpc) is 2.56. The van der Waals surface area contributed by atoms with E-state index in [1.165, 1.54) is 25.3 Å². The summed E-state index contributed by atoms with van der Waals surface area (Å²) in [5.74, 6) is 0.0890. The van der Waals surface area contributed by atoms with E-state index in [4.69, 9.17) is 21.1 Å². The summed E-state index contributed by atoms with van der Waals surface area (Å²) in [4.78, 5) is 11.3. The number of carbonyl (C=O) groups excluding carboxylic acids is 1. The summed E-state index contributed by atoms with van der Waals surface area (Å²) in [5.41, 5.74) is 2.03. The minimum atomic E-state index is -0.922. The van der Waals surface area contributed by atoms with Crippen molar-refractivity contribution in [3.05, 3.63) is 57.9 Å². The molecular weight excluding hydrogens is 335 g/mol. The molecule has 2 rings (SSSR count). The van der Waals surface area contributed by atoms with Gasteiger partial charge in [-0.05, 0) is 42.7 Å². The van der Waals surface area contributed by atoms with E-state index in [-0.39, 0.29) is 17.9 Å². The summed E-state index contributed by atoms with van der Waals surface area (Å²) in [6, 6.07) is 7.83. The number of rotatable bonds is 5. The minimum Gasteiger partial charge on any atom is -0.488 e. The van der Waals surface area contributed by atoms with Crippen LogP contribution >= 0.6 is 11.6 Å². The Bertz CT molecular complexity index is 746. The number of benzene rings is 2. The van der Waals surface area contributed by atoms with E-state index in [1.54, 1.807) is 6.07 Å². The summed E-state index contributed by atoms with van der Waals surface area (Å²) in [7, 11) is 1.18. The maximum Gasteiger partial charge on any atom is 0.513 e. The molecule has 0 aliphatic heterocycles. The van der Waals surface area contributed by atoms with Gasteiger partial charge in [0.15, 0.2) is 0 Å². The Morgan fingerprint density at radius 2 is 2.00 bits per heavy atom. The molecule has 0 radical (unpaired) electrons.